The first-order valence-corrected chi connectivity index (χ1v) is 4.47. The SMILES string of the molecule is CCC(=O)Cc1ccc(Cl)cc1F. The predicted molar refractivity (Wildman–Crippen MR) is 50.4 cm³/mol. The second-order valence-electron chi connectivity index (χ2n) is 2.80. The topological polar surface area (TPSA) is 17.1 Å². The van der Waals surface area contributed by atoms with Gasteiger partial charge >= 0.3 is 0 Å². The van der Waals surface area contributed by atoms with Gasteiger partial charge in [-0.1, -0.05) is 24.6 Å². The third kappa shape index (κ3) is 2.81. The highest BCUT2D eigenvalue weighted by molar-refractivity contribution is 6.30. The molecule has 1 nitrogen and oxygen atoms in total. The van der Waals surface area contributed by atoms with Crippen molar-refractivity contribution in [1.29, 1.82) is 0 Å². The smallest absolute Gasteiger partial charge is 0.137 e. The van der Waals surface area contributed by atoms with Gasteiger partial charge in [0, 0.05) is 17.9 Å². The van der Waals surface area contributed by atoms with Crippen LogP contribution >= 0.6 is 11.6 Å². The van der Waals surface area contributed by atoms with Crippen molar-refractivity contribution in [3.8, 4) is 0 Å². The summed E-state index contributed by atoms with van der Waals surface area (Å²) in [5.74, 6) is -0.379. The molecule has 1 rings (SSSR count). The second kappa shape index (κ2) is 4.38. The predicted octanol–water partition coefficient (Wildman–Crippen LogP) is 3.00. The summed E-state index contributed by atoms with van der Waals surface area (Å²) in [5.41, 5.74) is 0.413. The van der Waals surface area contributed by atoms with Gasteiger partial charge in [-0.3, -0.25) is 4.79 Å². The molecule has 0 bridgehead atoms. The van der Waals surface area contributed by atoms with E-state index in [0.29, 0.717) is 17.0 Å². The highest BCUT2D eigenvalue weighted by atomic mass is 35.5. The second-order valence-corrected chi connectivity index (χ2v) is 3.24. The maximum Gasteiger partial charge on any atom is 0.137 e. The Morgan fingerprint density at radius 3 is 2.77 bits per heavy atom. The van der Waals surface area contributed by atoms with Gasteiger partial charge < -0.3 is 0 Å². The maximum atomic E-state index is 13.1. The van der Waals surface area contributed by atoms with Gasteiger partial charge in [0.1, 0.15) is 11.6 Å². The zero-order valence-corrected chi connectivity index (χ0v) is 8.07. The molecule has 1 aromatic rings. The Morgan fingerprint density at radius 2 is 2.23 bits per heavy atom. The number of hydrogen-bond donors (Lipinski definition) is 0. The number of ketones is 1. The van der Waals surface area contributed by atoms with Gasteiger partial charge in [0.25, 0.3) is 0 Å². The molecule has 0 aliphatic rings. The van der Waals surface area contributed by atoms with Crippen molar-refractivity contribution in [2.75, 3.05) is 0 Å². The van der Waals surface area contributed by atoms with Gasteiger partial charge in [-0.2, -0.15) is 0 Å². The molecule has 1 aromatic carbocycles. The molecular weight excluding hydrogens is 191 g/mol. The summed E-state index contributed by atoms with van der Waals surface area (Å²) in [7, 11) is 0. The zero-order chi connectivity index (χ0) is 9.84. The van der Waals surface area contributed by atoms with E-state index in [0.717, 1.165) is 0 Å². The molecule has 0 aliphatic carbocycles. The standard InChI is InChI=1S/C10H10ClFO/c1-2-9(13)5-7-3-4-8(11)6-10(7)12/h3-4,6H,2,5H2,1H3. The first-order chi connectivity index (χ1) is 6.13. The zero-order valence-electron chi connectivity index (χ0n) is 7.31. The fourth-order valence-electron chi connectivity index (χ4n) is 1.00. The number of rotatable bonds is 3. The van der Waals surface area contributed by atoms with Crippen LogP contribution in [0, 0.1) is 5.82 Å². The van der Waals surface area contributed by atoms with E-state index in [-0.39, 0.29) is 12.2 Å². The van der Waals surface area contributed by atoms with Crippen LogP contribution in [0.25, 0.3) is 0 Å². The van der Waals surface area contributed by atoms with E-state index < -0.39 is 5.82 Å². The van der Waals surface area contributed by atoms with Crippen molar-refractivity contribution >= 4 is 17.4 Å². The summed E-state index contributed by atoms with van der Waals surface area (Å²) < 4.78 is 13.1. The van der Waals surface area contributed by atoms with Crippen molar-refractivity contribution in [3.05, 3.63) is 34.6 Å². The lowest BCUT2D eigenvalue weighted by Gasteiger charge is -2.01. The van der Waals surface area contributed by atoms with E-state index >= 15 is 0 Å². The molecular formula is C10H10ClFO. The average Bonchev–Trinajstić information content (AvgIpc) is 2.09. The average molecular weight is 201 g/mol. The van der Waals surface area contributed by atoms with Gasteiger partial charge in [-0.25, -0.2) is 4.39 Å². The molecule has 70 valence electrons. The summed E-state index contributed by atoms with van der Waals surface area (Å²) >= 11 is 5.56. The van der Waals surface area contributed by atoms with Gasteiger partial charge in [0.15, 0.2) is 0 Å². The van der Waals surface area contributed by atoms with Crippen LogP contribution in [0.3, 0.4) is 0 Å². The van der Waals surface area contributed by atoms with Crippen LogP contribution in [0.2, 0.25) is 5.02 Å². The Kier molecular flexibility index (Phi) is 3.43. The third-order valence-electron chi connectivity index (χ3n) is 1.80. The minimum atomic E-state index is -0.408. The first-order valence-electron chi connectivity index (χ1n) is 4.09. The molecule has 0 radical (unpaired) electrons. The van der Waals surface area contributed by atoms with Crippen LogP contribution in [-0.4, -0.2) is 5.78 Å². The van der Waals surface area contributed by atoms with E-state index in [1.165, 1.54) is 6.07 Å². The summed E-state index contributed by atoms with van der Waals surface area (Å²) in [6.45, 7) is 1.76. The normalized spacial score (nSPS) is 10.1. The highest BCUT2D eigenvalue weighted by Gasteiger charge is 2.06. The Labute approximate surface area is 81.5 Å². The van der Waals surface area contributed by atoms with Crippen LogP contribution < -0.4 is 0 Å². The molecule has 0 amide bonds. The molecule has 0 saturated heterocycles. The van der Waals surface area contributed by atoms with E-state index in [9.17, 15) is 9.18 Å². The van der Waals surface area contributed by atoms with Gasteiger partial charge in [-0.05, 0) is 17.7 Å². The molecule has 0 spiro atoms. The fourth-order valence-corrected chi connectivity index (χ4v) is 1.16. The number of benzene rings is 1. The van der Waals surface area contributed by atoms with E-state index in [4.69, 9.17) is 11.6 Å². The molecule has 0 unspecified atom stereocenters. The van der Waals surface area contributed by atoms with Crippen LogP contribution in [0.4, 0.5) is 4.39 Å². The fraction of sp³-hybridized carbons (Fsp3) is 0.300. The van der Waals surface area contributed by atoms with Gasteiger partial charge in [0.05, 0.1) is 0 Å². The van der Waals surface area contributed by atoms with Crippen molar-refractivity contribution in [1.82, 2.24) is 0 Å². The summed E-state index contributed by atoms with van der Waals surface area (Å²) in [6, 6.07) is 4.36. The molecule has 0 N–H and O–H groups in total. The molecule has 0 aliphatic heterocycles. The monoisotopic (exact) mass is 200 g/mol. The number of hydrogen-bond acceptors (Lipinski definition) is 1. The van der Waals surface area contributed by atoms with Crippen LogP contribution in [0.1, 0.15) is 18.9 Å². The Bertz CT molecular complexity index is 323. The van der Waals surface area contributed by atoms with Gasteiger partial charge in [0.2, 0.25) is 0 Å². The summed E-state index contributed by atoms with van der Waals surface area (Å²) in [6.07, 6.45) is 0.585. The molecule has 0 heterocycles. The van der Waals surface area contributed by atoms with E-state index in [2.05, 4.69) is 0 Å². The van der Waals surface area contributed by atoms with Crippen molar-refractivity contribution in [3.63, 3.8) is 0 Å². The van der Waals surface area contributed by atoms with Crippen LogP contribution in [0.15, 0.2) is 18.2 Å². The Hall–Kier alpha value is -0.890. The number of carbonyl (C=O) groups excluding carboxylic acids is 1. The largest absolute Gasteiger partial charge is 0.299 e. The molecule has 13 heavy (non-hydrogen) atoms. The van der Waals surface area contributed by atoms with Crippen molar-refractivity contribution < 1.29 is 9.18 Å². The van der Waals surface area contributed by atoms with Crippen molar-refractivity contribution in [2.24, 2.45) is 0 Å². The Morgan fingerprint density at radius 1 is 1.54 bits per heavy atom. The van der Waals surface area contributed by atoms with Crippen LogP contribution in [-0.2, 0) is 11.2 Å². The lowest BCUT2D eigenvalue weighted by Crippen LogP contribution is -2.02. The molecule has 0 atom stereocenters. The minimum absolute atomic E-state index is 0.0289. The molecule has 3 heteroatoms. The molecule has 0 saturated carbocycles. The lowest BCUT2D eigenvalue weighted by atomic mass is 10.1. The van der Waals surface area contributed by atoms with Crippen LogP contribution in [0.5, 0.6) is 0 Å². The first kappa shape index (κ1) is 10.2. The van der Waals surface area contributed by atoms with E-state index in [1.807, 2.05) is 0 Å². The Balaban J connectivity index is 2.83. The molecule has 0 aromatic heterocycles. The third-order valence-corrected chi connectivity index (χ3v) is 2.03. The number of carbonyl (C=O) groups is 1. The summed E-state index contributed by atoms with van der Waals surface area (Å²) in [4.78, 5) is 11.0. The highest BCUT2D eigenvalue weighted by Crippen LogP contribution is 2.15. The van der Waals surface area contributed by atoms with E-state index in [1.54, 1.807) is 19.1 Å². The quantitative estimate of drug-likeness (QED) is 0.733. The number of Topliss-reactive ketones (excluding diaryl/α,β-unsaturated/α-hetero) is 1. The van der Waals surface area contributed by atoms with Crippen molar-refractivity contribution in [2.45, 2.75) is 19.8 Å². The summed E-state index contributed by atoms with van der Waals surface area (Å²) in [5, 5.41) is 0.352. The lowest BCUT2D eigenvalue weighted by molar-refractivity contribution is -0.118. The molecule has 0 fully saturated rings. The van der Waals surface area contributed by atoms with Gasteiger partial charge in [-0.15, -0.1) is 0 Å². The number of halogens is 2. The minimum Gasteiger partial charge on any atom is -0.299 e. The maximum absolute atomic E-state index is 13.1.